The van der Waals surface area contributed by atoms with Crippen molar-refractivity contribution < 1.29 is 4.79 Å². The molecule has 1 atom stereocenters. The maximum Gasteiger partial charge on any atom is 0.281 e. The second-order valence-electron chi connectivity index (χ2n) is 2.37. The van der Waals surface area contributed by atoms with Gasteiger partial charge >= 0.3 is 0 Å². The van der Waals surface area contributed by atoms with Crippen LogP contribution in [-0.2, 0) is 4.79 Å². The summed E-state index contributed by atoms with van der Waals surface area (Å²) in [4.78, 5) is 11.1. The molecule has 1 rings (SSSR count). The monoisotopic (exact) mass is 247 g/mol. The van der Waals surface area contributed by atoms with Crippen LogP contribution in [0, 0.1) is 0 Å². The minimum Gasteiger partial charge on any atom is -0.303 e. The molecule has 0 bridgehead atoms. The van der Waals surface area contributed by atoms with E-state index >= 15 is 0 Å². The minimum atomic E-state index is -1.83. The van der Waals surface area contributed by atoms with Crippen LogP contribution in [0.1, 0.15) is 12.8 Å². The number of carbonyl (C=O) groups excluding carboxylic acids is 1. The number of hydrogen-bond acceptors (Lipinski definition) is 1. The van der Waals surface area contributed by atoms with Gasteiger partial charge in [-0.3, -0.25) is 4.79 Å². The van der Waals surface area contributed by atoms with E-state index in [9.17, 15) is 4.79 Å². The molecule has 0 aromatic heterocycles. The van der Waals surface area contributed by atoms with Gasteiger partial charge in [-0.25, -0.2) is 0 Å². The Balaban J connectivity index is 2.46. The Hall–Kier alpha value is 0.560. The molecule has 0 radical (unpaired) electrons. The molecule has 0 saturated heterocycles. The molecule has 1 amide bonds. The van der Waals surface area contributed by atoms with Crippen molar-refractivity contribution in [3.63, 3.8) is 0 Å². The van der Waals surface area contributed by atoms with Crippen LogP contribution in [-0.4, -0.2) is 20.8 Å². The maximum absolute atomic E-state index is 11.1. The zero-order valence-corrected chi connectivity index (χ0v) is 9.23. The number of rotatable bonds is 1. The summed E-state index contributed by atoms with van der Waals surface area (Å²) in [6.45, 7) is 0. The van der Waals surface area contributed by atoms with Crippen molar-refractivity contribution in [1.29, 1.82) is 0 Å². The van der Waals surface area contributed by atoms with Gasteiger partial charge in [-0.15, -0.1) is 0 Å². The Morgan fingerprint density at radius 2 is 2.17 bits per heavy atom. The average molecular weight is 249 g/mol. The van der Waals surface area contributed by atoms with Crippen LogP contribution in [0.5, 0.6) is 0 Å². The topological polar surface area (TPSA) is 29.1 Å². The van der Waals surface area contributed by atoms with E-state index in [0.717, 1.165) is 18.6 Å². The van der Waals surface area contributed by atoms with E-state index in [1.54, 1.807) is 0 Å². The second-order valence-corrected chi connectivity index (χ2v) is 6.46. The summed E-state index contributed by atoms with van der Waals surface area (Å²) < 4.78 is 0.826. The molecular formula is C6H8Cl3NOS. The molecule has 0 aliphatic carbocycles. The third-order valence-corrected chi connectivity index (χ3v) is 3.70. The summed E-state index contributed by atoms with van der Waals surface area (Å²) >= 11 is 16.1. The zero-order valence-electron chi connectivity index (χ0n) is 6.15. The largest absolute Gasteiger partial charge is 0.303 e. The van der Waals surface area contributed by atoms with Crippen LogP contribution < -0.4 is 4.72 Å². The van der Waals surface area contributed by atoms with Gasteiger partial charge in [0, 0.05) is 5.75 Å². The van der Waals surface area contributed by atoms with E-state index in [2.05, 4.69) is 4.72 Å². The van der Waals surface area contributed by atoms with Gasteiger partial charge in [0.15, 0.2) is 0 Å². The van der Waals surface area contributed by atoms with Crippen LogP contribution in [0.3, 0.4) is 0 Å². The molecule has 2 nitrogen and oxygen atoms in total. The highest BCUT2D eigenvalue weighted by Crippen LogP contribution is 2.28. The first-order chi connectivity index (χ1) is 5.50. The standard InChI is InChI=1S/C6H8Cl3NOS/c7-6(8,9)5(11)10-12-3-1-2-4-12/h3H,1-2,4H2,(H,10,11). The molecule has 1 unspecified atom stereocenters. The van der Waals surface area contributed by atoms with Crippen LogP contribution in [0.15, 0.2) is 0 Å². The third-order valence-electron chi connectivity index (χ3n) is 1.37. The van der Waals surface area contributed by atoms with Crippen molar-refractivity contribution in [1.82, 2.24) is 4.72 Å². The van der Waals surface area contributed by atoms with Crippen molar-refractivity contribution in [3.05, 3.63) is 0 Å². The van der Waals surface area contributed by atoms with E-state index < -0.39 is 9.70 Å². The molecular weight excluding hydrogens is 240 g/mol. The fraction of sp³-hybridized carbons (Fsp3) is 0.667. The van der Waals surface area contributed by atoms with Crippen molar-refractivity contribution in [2.45, 2.75) is 16.6 Å². The fourth-order valence-electron chi connectivity index (χ4n) is 0.817. The van der Waals surface area contributed by atoms with E-state index in [1.165, 1.54) is 0 Å². The van der Waals surface area contributed by atoms with Gasteiger partial charge in [0.1, 0.15) is 0 Å². The van der Waals surface area contributed by atoms with Gasteiger partial charge in [0.2, 0.25) is 0 Å². The Morgan fingerprint density at radius 1 is 1.50 bits per heavy atom. The average Bonchev–Trinajstić information content (AvgIpc) is 2.37. The van der Waals surface area contributed by atoms with Crippen molar-refractivity contribution in [2.24, 2.45) is 0 Å². The smallest absolute Gasteiger partial charge is 0.281 e. The first kappa shape index (κ1) is 10.6. The number of halogens is 3. The number of alkyl halides is 3. The number of amides is 1. The molecule has 0 spiro atoms. The molecule has 0 aromatic rings. The molecule has 6 heteroatoms. The van der Waals surface area contributed by atoms with E-state index in [1.807, 2.05) is 5.37 Å². The van der Waals surface area contributed by atoms with E-state index in [0.29, 0.717) is 0 Å². The molecule has 1 heterocycles. The molecule has 12 heavy (non-hydrogen) atoms. The summed E-state index contributed by atoms with van der Waals surface area (Å²) in [7, 11) is -0.182. The highest BCUT2D eigenvalue weighted by molar-refractivity contribution is 8.14. The van der Waals surface area contributed by atoms with Crippen LogP contribution in [0.4, 0.5) is 0 Å². The molecule has 1 N–H and O–H groups in total. The van der Waals surface area contributed by atoms with Gasteiger partial charge < -0.3 is 4.72 Å². The lowest BCUT2D eigenvalue weighted by atomic mass is 10.4. The van der Waals surface area contributed by atoms with Crippen LogP contribution >= 0.6 is 45.5 Å². The van der Waals surface area contributed by atoms with E-state index in [-0.39, 0.29) is 10.7 Å². The molecule has 0 fully saturated rings. The van der Waals surface area contributed by atoms with Gasteiger partial charge in [-0.2, -0.15) is 0 Å². The summed E-state index contributed by atoms with van der Waals surface area (Å²) in [5.41, 5.74) is 0. The lowest BCUT2D eigenvalue weighted by Gasteiger charge is -2.12. The normalized spacial score (nSPS) is 23.4. The summed E-state index contributed by atoms with van der Waals surface area (Å²) in [6.07, 6.45) is 2.13. The maximum atomic E-state index is 11.1. The van der Waals surface area contributed by atoms with Gasteiger partial charge in [0.25, 0.3) is 9.70 Å². The summed E-state index contributed by atoms with van der Waals surface area (Å²) in [6, 6.07) is 0. The summed E-state index contributed by atoms with van der Waals surface area (Å²) in [5.74, 6) is 0.431. The second kappa shape index (κ2) is 4.18. The molecule has 0 aromatic carbocycles. The quantitative estimate of drug-likeness (QED) is 0.560. The molecule has 70 valence electrons. The highest BCUT2D eigenvalue weighted by Gasteiger charge is 2.31. The number of hydrogen-bond donors (Lipinski definition) is 1. The first-order valence-electron chi connectivity index (χ1n) is 3.41. The predicted octanol–water partition coefficient (Wildman–Crippen LogP) is 2.25. The van der Waals surface area contributed by atoms with Crippen molar-refractivity contribution in [2.75, 3.05) is 5.75 Å². The third kappa shape index (κ3) is 3.13. The zero-order chi connectivity index (χ0) is 9.19. The Morgan fingerprint density at radius 3 is 2.58 bits per heavy atom. The summed E-state index contributed by atoms with van der Waals surface area (Å²) in [5, 5.41) is 2.05. The number of carbonyl (C=O) groups is 1. The van der Waals surface area contributed by atoms with Crippen LogP contribution in [0.25, 0.3) is 0 Å². The Kier molecular flexibility index (Phi) is 3.71. The lowest BCUT2D eigenvalue weighted by molar-refractivity contribution is -0.118. The Bertz CT molecular complexity index is 223. The fourth-order valence-corrected chi connectivity index (χ4v) is 2.80. The van der Waals surface area contributed by atoms with Crippen molar-refractivity contribution >= 4 is 56.7 Å². The molecule has 0 saturated carbocycles. The van der Waals surface area contributed by atoms with Crippen LogP contribution in [0.2, 0.25) is 0 Å². The van der Waals surface area contributed by atoms with Crippen molar-refractivity contribution in [3.8, 4) is 0 Å². The molecule has 1 aliphatic rings. The Labute approximate surface area is 88.6 Å². The first-order valence-corrected chi connectivity index (χ1v) is 6.00. The van der Waals surface area contributed by atoms with E-state index in [4.69, 9.17) is 34.8 Å². The number of nitrogens with one attached hydrogen (secondary N) is 1. The van der Waals surface area contributed by atoms with Gasteiger partial charge in [0.05, 0.1) is 0 Å². The van der Waals surface area contributed by atoms with Gasteiger partial charge in [-0.05, 0) is 18.2 Å². The van der Waals surface area contributed by atoms with Gasteiger partial charge in [-0.1, -0.05) is 45.5 Å². The molecule has 1 aliphatic heterocycles. The lowest BCUT2D eigenvalue weighted by Crippen LogP contribution is -2.31. The minimum absolute atomic E-state index is 0.182. The highest BCUT2D eigenvalue weighted by atomic mass is 35.6. The SMILES string of the molecule is O=C(NS1=CCCC1)C(Cl)(Cl)Cl. The predicted molar refractivity (Wildman–Crippen MR) is 56.2 cm³/mol.